The molecule has 2 atom stereocenters. The predicted octanol–water partition coefficient (Wildman–Crippen LogP) is 0.391. The Labute approximate surface area is 85.3 Å². The SMILES string of the molecule is CCN(CC)[C@@H]1CNC[C@H](C(=O)O)C1. The molecule has 14 heavy (non-hydrogen) atoms. The number of rotatable bonds is 4. The van der Waals surface area contributed by atoms with Crippen LogP contribution in [0.1, 0.15) is 20.3 Å². The fourth-order valence-electron chi connectivity index (χ4n) is 2.13. The van der Waals surface area contributed by atoms with Crippen LogP contribution in [-0.2, 0) is 4.79 Å². The van der Waals surface area contributed by atoms with Gasteiger partial charge >= 0.3 is 5.97 Å². The number of likely N-dealkylation sites (N-methyl/N-ethyl adjacent to an activating group) is 1. The van der Waals surface area contributed by atoms with Gasteiger partial charge in [0.25, 0.3) is 0 Å². The molecule has 1 fully saturated rings. The third kappa shape index (κ3) is 2.69. The summed E-state index contributed by atoms with van der Waals surface area (Å²) in [5.41, 5.74) is 0. The molecule has 0 unspecified atom stereocenters. The molecule has 4 nitrogen and oxygen atoms in total. The van der Waals surface area contributed by atoms with E-state index in [0.717, 1.165) is 26.1 Å². The van der Waals surface area contributed by atoms with Crippen LogP contribution in [0.4, 0.5) is 0 Å². The Hall–Kier alpha value is -0.610. The van der Waals surface area contributed by atoms with Crippen LogP contribution in [0.3, 0.4) is 0 Å². The van der Waals surface area contributed by atoms with Crippen molar-refractivity contribution in [3.05, 3.63) is 0 Å². The van der Waals surface area contributed by atoms with Gasteiger partial charge in [0.1, 0.15) is 0 Å². The summed E-state index contributed by atoms with van der Waals surface area (Å²) in [6.45, 7) is 7.77. The van der Waals surface area contributed by atoms with Crippen molar-refractivity contribution >= 4 is 5.97 Å². The number of nitrogens with one attached hydrogen (secondary N) is 1. The Morgan fingerprint density at radius 3 is 2.57 bits per heavy atom. The van der Waals surface area contributed by atoms with Crippen molar-refractivity contribution in [2.45, 2.75) is 26.3 Å². The standard InChI is InChI=1S/C10H20N2O2/c1-3-12(4-2)9-5-8(10(13)14)6-11-7-9/h8-9,11H,3-7H2,1-2H3,(H,13,14)/t8-,9+/m1/s1. The molecule has 0 aliphatic carbocycles. The molecule has 0 amide bonds. The number of carbonyl (C=O) groups is 1. The van der Waals surface area contributed by atoms with Crippen molar-refractivity contribution in [2.24, 2.45) is 5.92 Å². The third-order valence-corrected chi connectivity index (χ3v) is 3.01. The molecule has 82 valence electrons. The zero-order chi connectivity index (χ0) is 10.6. The molecule has 1 aliphatic heterocycles. The van der Waals surface area contributed by atoms with Crippen molar-refractivity contribution in [3.63, 3.8) is 0 Å². The summed E-state index contributed by atoms with van der Waals surface area (Å²) in [7, 11) is 0. The van der Waals surface area contributed by atoms with Crippen molar-refractivity contribution in [1.29, 1.82) is 0 Å². The van der Waals surface area contributed by atoms with Crippen LogP contribution < -0.4 is 5.32 Å². The van der Waals surface area contributed by atoms with E-state index in [2.05, 4.69) is 24.1 Å². The van der Waals surface area contributed by atoms with Gasteiger partial charge in [0, 0.05) is 19.1 Å². The minimum atomic E-state index is -0.672. The van der Waals surface area contributed by atoms with Crippen LogP contribution in [0.25, 0.3) is 0 Å². The average Bonchev–Trinajstić information content (AvgIpc) is 2.20. The molecule has 2 N–H and O–H groups in total. The highest BCUT2D eigenvalue weighted by Gasteiger charge is 2.28. The number of carboxylic acids is 1. The maximum Gasteiger partial charge on any atom is 0.307 e. The molecule has 0 bridgehead atoms. The van der Waals surface area contributed by atoms with Gasteiger partial charge < -0.3 is 10.4 Å². The van der Waals surface area contributed by atoms with E-state index in [-0.39, 0.29) is 5.92 Å². The molecular weight excluding hydrogens is 180 g/mol. The fourth-order valence-corrected chi connectivity index (χ4v) is 2.13. The maximum atomic E-state index is 10.8. The number of hydrogen-bond acceptors (Lipinski definition) is 3. The summed E-state index contributed by atoms with van der Waals surface area (Å²) in [5, 5.41) is 12.1. The second kappa shape index (κ2) is 5.32. The first-order valence-electron chi connectivity index (χ1n) is 5.36. The first-order chi connectivity index (χ1) is 6.69. The molecule has 0 spiro atoms. The lowest BCUT2D eigenvalue weighted by molar-refractivity contribution is -0.142. The van der Waals surface area contributed by atoms with E-state index in [0.29, 0.717) is 12.6 Å². The Balaban J connectivity index is 2.50. The molecule has 1 saturated heterocycles. The Kier molecular flexibility index (Phi) is 4.35. The first kappa shape index (κ1) is 11.5. The maximum absolute atomic E-state index is 10.8. The van der Waals surface area contributed by atoms with Gasteiger partial charge in [-0.05, 0) is 19.5 Å². The van der Waals surface area contributed by atoms with E-state index in [1.54, 1.807) is 0 Å². The van der Waals surface area contributed by atoms with Crippen LogP contribution in [0, 0.1) is 5.92 Å². The summed E-state index contributed by atoms with van der Waals surface area (Å²) in [6, 6.07) is 0.389. The van der Waals surface area contributed by atoms with E-state index in [9.17, 15) is 4.79 Å². The highest BCUT2D eigenvalue weighted by molar-refractivity contribution is 5.70. The van der Waals surface area contributed by atoms with Crippen molar-refractivity contribution in [2.75, 3.05) is 26.2 Å². The van der Waals surface area contributed by atoms with Crippen molar-refractivity contribution in [1.82, 2.24) is 10.2 Å². The number of carboxylic acid groups (broad SMARTS) is 1. The highest BCUT2D eigenvalue weighted by Crippen LogP contribution is 2.15. The fraction of sp³-hybridized carbons (Fsp3) is 0.900. The van der Waals surface area contributed by atoms with Gasteiger partial charge in [-0.1, -0.05) is 13.8 Å². The van der Waals surface area contributed by atoms with Gasteiger partial charge in [0.2, 0.25) is 0 Å². The average molecular weight is 200 g/mol. The van der Waals surface area contributed by atoms with Crippen LogP contribution in [0.5, 0.6) is 0 Å². The molecule has 4 heteroatoms. The van der Waals surface area contributed by atoms with Gasteiger partial charge in [-0.2, -0.15) is 0 Å². The number of nitrogens with zero attached hydrogens (tertiary/aromatic N) is 1. The molecule has 0 radical (unpaired) electrons. The molecule has 0 saturated carbocycles. The second-order valence-corrected chi connectivity index (χ2v) is 3.80. The lowest BCUT2D eigenvalue weighted by Gasteiger charge is -2.35. The zero-order valence-corrected chi connectivity index (χ0v) is 8.99. The van der Waals surface area contributed by atoms with Crippen LogP contribution in [-0.4, -0.2) is 48.2 Å². The Morgan fingerprint density at radius 1 is 1.43 bits per heavy atom. The van der Waals surface area contributed by atoms with Gasteiger partial charge in [0.15, 0.2) is 0 Å². The smallest absolute Gasteiger partial charge is 0.307 e. The van der Waals surface area contributed by atoms with Crippen LogP contribution >= 0.6 is 0 Å². The molecule has 1 aliphatic rings. The summed E-state index contributed by atoms with van der Waals surface area (Å²) in [4.78, 5) is 13.2. The van der Waals surface area contributed by atoms with Crippen molar-refractivity contribution in [3.8, 4) is 0 Å². The molecule has 0 aromatic rings. The summed E-state index contributed by atoms with van der Waals surface area (Å²) in [6.07, 6.45) is 0.782. The first-order valence-corrected chi connectivity index (χ1v) is 5.36. The van der Waals surface area contributed by atoms with Gasteiger partial charge in [-0.25, -0.2) is 0 Å². The molecule has 0 aromatic heterocycles. The topological polar surface area (TPSA) is 52.6 Å². The summed E-state index contributed by atoms with van der Waals surface area (Å²) in [5.74, 6) is -0.885. The van der Waals surface area contributed by atoms with E-state index in [1.165, 1.54) is 0 Å². The lowest BCUT2D eigenvalue weighted by Crippen LogP contribution is -2.50. The van der Waals surface area contributed by atoms with Crippen LogP contribution in [0.2, 0.25) is 0 Å². The third-order valence-electron chi connectivity index (χ3n) is 3.01. The van der Waals surface area contributed by atoms with Crippen molar-refractivity contribution < 1.29 is 9.90 Å². The number of piperidine rings is 1. The van der Waals surface area contributed by atoms with Gasteiger partial charge in [-0.3, -0.25) is 9.69 Å². The minimum absolute atomic E-state index is 0.214. The number of hydrogen-bond donors (Lipinski definition) is 2. The quantitative estimate of drug-likeness (QED) is 0.689. The van der Waals surface area contributed by atoms with E-state index in [4.69, 9.17) is 5.11 Å². The Morgan fingerprint density at radius 2 is 2.07 bits per heavy atom. The molecular formula is C10H20N2O2. The van der Waals surface area contributed by atoms with Crippen LogP contribution in [0.15, 0.2) is 0 Å². The zero-order valence-electron chi connectivity index (χ0n) is 8.99. The Bertz CT molecular complexity index is 193. The summed E-state index contributed by atoms with van der Waals surface area (Å²) < 4.78 is 0. The monoisotopic (exact) mass is 200 g/mol. The van der Waals surface area contributed by atoms with E-state index in [1.807, 2.05) is 0 Å². The normalized spacial score (nSPS) is 27.9. The van der Waals surface area contributed by atoms with Gasteiger partial charge in [0.05, 0.1) is 5.92 Å². The minimum Gasteiger partial charge on any atom is -0.481 e. The lowest BCUT2D eigenvalue weighted by atomic mass is 9.95. The van der Waals surface area contributed by atoms with Gasteiger partial charge in [-0.15, -0.1) is 0 Å². The molecule has 1 heterocycles. The largest absolute Gasteiger partial charge is 0.481 e. The van der Waals surface area contributed by atoms with E-state index < -0.39 is 5.97 Å². The second-order valence-electron chi connectivity index (χ2n) is 3.80. The predicted molar refractivity (Wildman–Crippen MR) is 55.3 cm³/mol. The number of aliphatic carboxylic acids is 1. The summed E-state index contributed by atoms with van der Waals surface area (Å²) >= 11 is 0. The molecule has 0 aromatic carbocycles. The van der Waals surface area contributed by atoms with E-state index >= 15 is 0 Å². The highest BCUT2D eigenvalue weighted by atomic mass is 16.4. The molecule has 1 rings (SSSR count).